The highest BCUT2D eigenvalue weighted by Gasteiger charge is 2.31. The molecule has 0 spiro atoms. The predicted molar refractivity (Wildman–Crippen MR) is 137 cm³/mol. The zero-order valence-corrected chi connectivity index (χ0v) is 20.3. The molecule has 0 N–H and O–H groups in total. The molecule has 2 aromatic carbocycles. The van der Waals surface area contributed by atoms with E-state index in [9.17, 15) is 4.79 Å². The van der Waals surface area contributed by atoms with Crippen molar-refractivity contribution in [3.05, 3.63) is 71.6 Å². The standard InChI is InChI=1S/C26H24N6O2S/c1-17-16-30(13-14-31(17)25(33)18-9-11-19(34-2)12-10-18)26-27-21-7-4-3-6-20(21)23-28-29-24(32(23)26)22-8-5-15-35-22/h3-12,15,17H,13-14,16H2,1-2H3. The van der Waals surface area contributed by atoms with Gasteiger partial charge >= 0.3 is 0 Å². The number of carbonyl (C=O) groups is 1. The Morgan fingerprint density at radius 3 is 2.60 bits per heavy atom. The van der Waals surface area contributed by atoms with Crippen molar-refractivity contribution in [1.82, 2.24) is 24.5 Å². The fourth-order valence-corrected chi connectivity index (χ4v) is 5.38. The number of benzene rings is 2. The van der Waals surface area contributed by atoms with E-state index in [4.69, 9.17) is 9.72 Å². The Balaban J connectivity index is 1.36. The molecule has 6 rings (SSSR count). The number of hydrogen-bond acceptors (Lipinski definition) is 7. The Morgan fingerprint density at radius 1 is 1.03 bits per heavy atom. The Hall–Kier alpha value is -3.98. The van der Waals surface area contributed by atoms with Crippen molar-refractivity contribution in [2.24, 2.45) is 0 Å². The highest BCUT2D eigenvalue weighted by molar-refractivity contribution is 7.13. The van der Waals surface area contributed by atoms with E-state index in [0.29, 0.717) is 25.2 Å². The summed E-state index contributed by atoms with van der Waals surface area (Å²) in [5, 5.41) is 12.1. The summed E-state index contributed by atoms with van der Waals surface area (Å²) in [6.07, 6.45) is 0. The maximum atomic E-state index is 13.2. The Bertz CT molecular complexity index is 1510. The van der Waals surface area contributed by atoms with Gasteiger partial charge in [0.15, 0.2) is 11.5 Å². The topological polar surface area (TPSA) is 75.9 Å². The number of piperazine rings is 1. The highest BCUT2D eigenvalue weighted by atomic mass is 32.1. The maximum absolute atomic E-state index is 13.2. The highest BCUT2D eigenvalue weighted by Crippen LogP contribution is 2.31. The van der Waals surface area contributed by atoms with Crippen LogP contribution in [-0.4, -0.2) is 63.2 Å². The molecule has 5 aromatic rings. The van der Waals surface area contributed by atoms with Crippen LogP contribution in [0, 0.1) is 0 Å². The number of ether oxygens (including phenoxy) is 1. The van der Waals surface area contributed by atoms with Crippen LogP contribution in [0.4, 0.5) is 5.95 Å². The van der Waals surface area contributed by atoms with Crippen LogP contribution in [0.5, 0.6) is 5.75 Å². The number of amides is 1. The normalized spacial score (nSPS) is 16.2. The van der Waals surface area contributed by atoms with E-state index < -0.39 is 0 Å². The summed E-state index contributed by atoms with van der Waals surface area (Å²) in [7, 11) is 1.62. The van der Waals surface area contributed by atoms with E-state index in [2.05, 4.69) is 26.4 Å². The van der Waals surface area contributed by atoms with Gasteiger partial charge in [-0.15, -0.1) is 21.5 Å². The molecule has 8 nitrogen and oxygen atoms in total. The second-order valence-electron chi connectivity index (χ2n) is 8.61. The number of fused-ring (bicyclic) bond motifs is 3. The van der Waals surface area contributed by atoms with Gasteiger partial charge in [0.1, 0.15) is 5.75 Å². The third-order valence-corrected chi connectivity index (χ3v) is 7.34. The number of carbonyl (C=O) groups excluding carboxylic acids is 1. The van der Waals surface area contributed by atoms with Gasteiger partial charge in [-0.3, -0.25) is 4.79 Å². The summed E-state index contributed by atoms with van der Waals surface area (Å²) in [5.74, 6) is 2.35. The zero-order chi connectivity index (χ0) is 23.9. The summed E-state index contributed by atoms with van der Waals surface area (Å²) in [6.45, 7) is 4.00. The maximum Gasteiger partial charge on any atom is 0.254 e. The fraction of sp³-hybridized carbons (Fsp3) is 0.231. The van der Waals surface area contributed by atoms with E-state index in [1.807, 2.05) is 70.9 Å². The largest absolute Gasteiger partial charge is 0.497 e. The Morgan fingerprint density at radius 2 is 1.86 bits per heavy atom. The van der Waals surface area contributed by atoms with Gasteiger partial charge < -0.3 is 14.5 Å². The molecule has 1 aliphatic heterocycles. The van der Waals surface area contributed by atoms with Crippen molar-refractivity contribution in [2.75, 3.05) is 31.6 Å². The monoisotopic (exact) mass is 484 g/mol. The smallest absolute Gasteiger partial charge is 0.254 e. The van der Waals surface area contributed by atoms with Gasteiger partial charge in [0, 0.05) is 36.6 Å². The van der Waals surface area contributed by atoms with Gasteiger partial charge in [-0.25, -0.2) is 9.38 Å². The van der Waals surface area contributed by atoms with Crippen molar-refractivity contribution < 1.29 is 9.53 Å². The number of nitrogens with zero attached hydrogens (tertiary/aromatic N) is 6. The number of para-hydroxylation sites is 1. The van der Waals surface area contributed by atoms with E-state index in [1.54, 1.807) is 18.4 Å². The molecule has 1 aliphatic rings. The minimum atomic E-state index is 0.00309. The number of thiophene rings is 1. The molecule has 0 bridgehead atoms. The lowest BCUT2D eigenvalue weighted by Gasteiger charge is -2.40. The van der Waals surface area contributed by atoms with Gasteiger partial charge in [-0.05, 0) is 54.8 Å². The molecular weight excluding hydrogens is 460 g/mol. The molecule has 35 heavy (non-hydrogen) atoms. The third-order valence-electron chi connectivity index (χ3n) is 6.48. The summed E-state index contributed by atoms with van der Waals surface area (Å²) in [6, 6.07) is 19.4. The van der Waals surface area contributed by atoms with Crippen molar-refractivity contribution >= 4 is 39.7 Å². The first-order valence-corrected chi connectivity index (χ1v) is 12.4. The van der Waals surface area contributed by atoms with E-state index in [0.717, 1.165) is 38.9 Å². The first-order chi connectivity index (χ1) is 17.1. The lowest BCUT2D eigenvalue weighted by Crippen LogP contribution is -2.54. The lowest BCUT2D eigenvalue weighted by molar-refractivity contribution is 0.0673. The van der Waals surface area contributed by atoms with Gasteiger partial charge in [0.05, 0.1) is 17.5 Å². The van der Waals surface area contributed by atoms with Crippen molar-refractivity contribution in [2.45, 2.75) is 13.0 Å². The fourth-order valence-electron chi connectivity index (χ4n) is 4.68. The lowest BCUT2D eigenvalue weighted by atomic mass is 10.1. The van der Waals surface area contributed by atoms with Crippen molar-refractivity contribution in [1.29, 1.82) is 0 Å². The Kier molecular flexibility index (Phi) is 5.33. The SMILES string of the molecule is COc1ccc(C(=O)N2CCN(c3nc4ccccc4c4nnc(-c5cccs5)n34)CC2C)cc1. The van der Waals surface area contributed by atoms with Gasteiger partial charge in [-0.2, -0.15) is 0 Å². The summed E-state index contributed by atoms with van der Waals surface area (Å²) < 4.78 is 7.28. The summed E-state index contributed by atoms with van der Waals surface area (Å²) in [4.78, 5) is 23.5. The average molecular weight is 485 g/mol. The van der Waals surface area contributed by atoms with Crippen molar-refractivity contribution in [3.8, 4) is 16.5 Å². The van der Waals surface area contributed by atoms with Crippen LogP contribution < -0.4 is 9.64 Å². The first kappa shape index (κ1) is 21.5. The van der Waals surface area contributed by atoms with Gasteiger partial charge in [0.25, 0.3) is 5.91 Å². The van der Waals surface area contributed by atoms with E-state index >= 15 is 0 Å². The van der Waals surface area contributed by atoms with Crippen LogP contribution in [0.15, 0.2) is 66.0 Å². The molecule has 0 saturated carbocycles. The second-order valence-corrected chi connectivity index (χ2v) is 9.56. The number of rotatable bonds is 4. The van der Waals surface area contributed by atoms with Crippen LogP contribution in [0.3, 0.4) is 0 Å². The molecule has 1 unspecified atom stereocenters. The van der Waals surface area contributed by atoms with Crippen LogP contribution in [0.2, 0.25) is 0 Å². The predicted octanol–water partition coefficient (Wildman–Crippen LogP) is 4.37. The van der Waals surface area contributed by atoms with Crippen LogP contribution in [0.25, 0.3) is 27.3 Å². The quantitative estimate of drug-likeness (QED) is 0.377. The van der Waals surface area contributed by atoms with E-state index in [1.165, 1.54) is 0 Å². The van der Waals surface area contributed by atoms with Crippen LogP contribution >= 0.6 is 11.3 Å². The number of aromatic nitrogens is 4. The minimum Gasteiger partial charge on any atom is -0.497 e. The minimum absolute atomic E-state index is 0.00309. The molecule has 176 valence electrons. The van der Waals surface area contributed by atoms with E-state index in [-0.39, 0.29) is 11.9 Å². The zero-order valence-electron chi connectivity index (χ0n) is 19.5. The van der Waals surface area contributed by atoms with Crippen LogP contribution in [-0.2, 0) is 0 Å². The average Bonchev–Trinajstić information content (AvgIpc) is 3.58. The molecular formula is C26H24N6O2S. The van der Waals surface area contributed by atoms with Crippen LogP contribution in [0.1, 0.15) is 17.3 Å². The number of anilines is 1. The van der Waals surface area contributed by atoms with Crippen molar-refractivity contribution in [3.63, 3.8) is 0 Å². The molecule has 0 radical (unpaired) electrons. The molecule has 0 aliphatic carbocycles. The Labute approximate surface area is 206 Å². The molecule has 4 heterocycles. The first-order valence-electron chi connectivity index (χ1n) is 11.5. The number of hydrogen-bond donors (Lipinski definition) is 0. The molecule has 1 saturated heterocycles. The summed E-state index contributed by atoms with van der Waals surface area (Å²) >= 11 is 1.63. The third kappa shape index (κ3) is 3.68. The van der Waals surface area contributed by atoms with Gasteiger partial charge in [0.2, 0.25) is 5.95 Å². The molecule has 1 atom stereocenters. The second kappa shape index (κ2) is 8.66. The van der Waals surface area contributed by atoms with Gasteiger partial charge in [-0.1, -0.05) is 18.2 Å². The summed E-state index contributed by atoms with van der Waals surface area (Å²) in [5.41, 5.74) is 2.33. The molecule has 1 amide bonds. The molecule has 9 heteroatoms. The molecule has 1 fully saturated rings. The molecule has 3 aromatic heterocycles. The number of methoxy groups -OCH3 is 1.